The first-order valence-electron chi connectivity index (χ1n) is 5.79. The fourth-order valence-electron chi connectivity index (χ4n) is 2.07. The maximum Gasteiger partial charge on any atom is 0.304 e. The maximum atomic E-state index is 10.9. The van der Waals surface area contributed by atoms with Gasteiger partial charge >= 0.3 is 5.97 Å². The molecule has 0 aliphatic heterocycles. The second kappa shape index (κ2) is 5.87. The zero-order chi connectivity index (χ0) is 13.8. The van der Waals surface area contributed by atoms with Crippen molar-refractivity contribution in [2.75, 3.05) is 14.2 Å². The minimum atomic E-state index is -0.814. The van der Waals surface area contributed by atoms with E-state index in [4.69, 9.17) is 14.6 Å². The molecular formula is C14H20O4. The molecule has 0 fully saturated rings. The fraction of sp³-hybridized carbons (Fsp3) is 0.500. The lowest BCUT2D eigenvalue weighted by atomic mass is 9.79. The van der Waals surface area contributed by atoms with Crippen molar-refractivity contribution in [1.29, 1.82) is 0 Å². The molecule has 100 valence electrons. The number of carbonyl (C=O) groups is 1. The van der Waals surface area contributed by atoms with Crippen LogP contribution in [-0.4, -0.2) is 25.3 Å². The van der Waals surface area contributed by atoms with Gasteiger partial charge in [-0.05, 0) is 23.3 Å². The highest BCUT2D eigenvalue weighted by atomic mass is 16.5. The van der Waals surface area contributed by atoms with Gasteiger partial charge < -0.3 is 14.6 Å². The molecule has 0 unspecified atom stereocenters. The maximum absolute atomic E-state index is 10.9. The lowest BCUT2D eigenvalue weighted by Gasteiger charge is -2.26. The lowest BCUT2D eigenvalue weighted by molar-refractivity contribution is -0.138. The molecule has 1 aromatic rings. The molecule has 0 amide bonds. The molecule has 0 aliphatic rings. The zero-order valence-corrected chi connectivity index (χ0v) is 11.3. The normalized spacial score (nSPS) is 11.3. The summed E-state index contributed by atoms with van der Waals surface area (Å²) < 4.78 is 10.4. The molecule has 0 atom stereocenters. The van der Waals surface area contributed by atoms with Gasteiger partial charge in [0.25, 0.3) is 0 Å². The molecule has 0 aliphatic carbocycles. The topological polar surface area (TPSA) is 55.8 Å². The molecule has 18 heavy (non-hydrogen) atoms. The van der Waals surface area contributed by atoms with Gasteiger partial charge in [-0.2, -0.15) is 0 Å². The molecule has 1 N–H and O–H groups in total. The molecule has 1 rings (SSSR count). The molecule has 0 radical (unpaired) electrons. The minimum Gasteiger partial charge on any atom is -0.497 e. The van der Waals surface area contributed by atoms with Crippen LogP contribution in [0.2, 0.25) is 0 Å². The second-order valence-corrected chi connectivity index (χ2v) is 4.91. The first-order chi connectivity index (χ1) is 8.40. The Balaban J connectivity index is 3.20. The van der Waals surface area contributed by atoms with Gasteiger partial charge in [-0.15, -0.1) is 0 Å². The number of hydrogen-bond acceptors (Lipinski definition) is 3. The van der Waals surface area contributed by atoms with Crippen molar-refractivity contribution in [2.45, 2.75) is 32.3 Å². The van der Waals surface area contributed by atoms with Gasteiger partial charge in [-0.25, -0.2) is 0 Å². The van der Waals surface area contributed by atoms with Crippen LogP contribution in [0, 0.1) is 0 Å². The Morgan fingerprint density at radius 2 is 2.00 bits per heavy atom. The SMILES string of the molecule is COCc1ccc(OC)cc1C(C)(C)CC(=O)O. The number of carboxylic acids is 1. The highest BCUT2D eigenvalue weighted by Crippen LogP contribution is 2.33. The average molecular weight is 252 g/mol. The first-order valence-corrected chi connectivity index (χ1v) is 5.79. The van der Waals surface area contributed by atoms with E-state index in [0.717, 1.165) is 16.9 Å². The third-order valence-corrected chi connectivity index (χ3v) is 2.94. The fourth-order valence-corrected chi connectivity index (χ4v) is 2.07. The van der Waals surface area contributed by atoms with Crippen LogP contribution in [0.1, 0.15) is 31.4 Å². The summed E-state index contributed by atoms with van der Waals surface area (Å²) in [6, 6.07) is 5.66. The highest BCUT2D eigenvalue weighted by Gasteiger charge is 2.27. The van der Waals surface area contributed by atoms with Crippen LogP contribution < -0.4 is 4.74 Å². The van der Waals surface area contributed by atoms with Crippen molar-refractivity contribution in [1.82, 2.24) is 0 Å². The minimum absolute atomic E-state index is 0.0664. The summed E-state index contributed by atoms with van der Waals surface area (Å²) in [4.78, 5) is 10.9. The van der Waals surface area contributed by atoms with E-state index in [-0.39, 0.29) is 6.42 Å². The average Bonchev–Trinajstić information content (AvgIpc) is 2.28. The van der Waals surface area contributed by atoms with Crippen LogP contribution in [0.15, 0.2) is 18.2 Å². The molecule has 1 aromatic carbocycles. The number of aliphatic carboxylic acids is 1. The van der Waals surface area contributed by atoms with E-state index in [1.807, 2.05) is 32.0 Å². The first kappa shape index (κ1) is 14.5. The number of carboxylic acid groups (broad SMARTS) is 1. The molecule has 4 nitrogen and oxygen atoms in total. The van der Waals surface area contributed by atoms with Crippen LogP contribution >= 0.6 is 0 Å². The van der Waals surface area contributed by atoms with Crippen molar-refractivity contribution in [2.24, 2.45) is 0 Å². The van der Waals surface area contributed by atoms with Crippen LogP contribution in [0.25, 0.3) is 0 Å². The number of rotatable bonds is 6. The van der Waals surface area contributed by atoms with E-state index in [0.29, 0.717) is 6.61 Å². The molecule has 0 aromatic heterocycles. The monoisotopic (exact) mass is 252 g/mol. The molecule has 0 spiro atoms. The summed E-state index contributed by atoms with van der Waals surface area (Å²) in [5, 5.41) is 9.00. The Morgan fingerprint density at radius 3 is 2.50 bits per heavy atom. The Bertz CT molecular complexity index is 424. The Hall–Kier alpha value is -1.55. The van der Waals surface area contributed by atoms with E-state index in [1.54, 1.807) is 14.2 Å². The molecule has 0 bridgehead atoms. The third-order valence-electron chi connectivity index (χ3n) is 2.94. The number of benzene rings is 1. The molecule has 0 heterocycles. The summed E-state index contributed by atoms with van der Waals surface area (Å²) in [7, 11) is 3.22. The van der Waals surface area contributed by atoms with Gasteiger partial charge in [-0.1, -0.05) is 19.9 Å². The van der Waals surface area contributed by atoms with Gasteiger partial charge in [0.15, 0.2) is 0 Å². The number of ether oxygens (including phenoxy) is 2. The largest absolute Gasteiger partial charge is 0.497 e. The summed E-state index contributed by atoms with van der Waals surface area (Å²) in [5.74, 6) is -0.0884. The van der Waals surface area contributed by atoms with Gasteiger partial charge in [0.1, 0.15) is 5.75 Å². The number of methoxy groups -OCH3 is 2. The van der Waals surface area contributed by atoms with E-state index >= 15 is 0 Å². The van der Waals surface area contributed by atoms with Crippen LogP contribution in [0.5, 0.6) is 5.75 Å². The third kappa shape index (κ3) is 3.47. The van der Waals surface area contributed by atoms with Crippen LogP contribution in [-0.2, 0) is 21.6 Å². The summed E-state index contributed by atoms with van der Waals surface area (Å²) in [6.45, 7) is 4.28. The molecule has 0 saturated carbocycles. The van der Waals surface area contributed by atoms with Crippen molar-refractivity contribution < 1.29 is 19.4 Å². The highest BCUT2D eigenvalue weighted by molar-refractivity contribution is 5.69. The van der Waals surface area contributed by atoms with Gasteiger partial charge in [0, 0.05) is 12.5 Å². The van der Waals surface area contributed by atoms with E-state index in [1.165, 1.54) is 0 Å². The quantitative estimate of drug-likeness (QED) is 0.845. The standard InChI is InChI=1S/C14H20O4/c1-14(2,8-13(15)16)12-7-11(18-4)6-5-10(12)9-17-3/h5-7H,8-9H2,1-4H3,(H,15,16). The zero-order valence-electron chi connectivity index (χ0n) is 11.3. The van der Waals surface area contributed by atoms with Gasteiger partial charge in [0.2, 0.25) is 0 Å². The molecule has 4 heteroatoms. The molecular weight excluding hydrogens is 232 g/mol. The van der Waals surface area contributed by atoms with Crippen LogP contribution in [0.3, 0.4) is 0 Å². The van der Waals surface area contributed by atoms with Crippen molar-refractivity contribution in [3.8, 4) is 5.75 Å². The van der Waals surface area contributed by atoms with Gasteiger partial charge in [-0.3, -0.25) is 4.79 Å². The summed E-state index contributed by atoms with van der Waals surface area (Å²) in [6.07, 6.45) is 0.0664. The van der Waals surface area contributed by atoms with E-state index in [9.17, 15) is 4.79 Å². The van der Waals surface area contributed by atoms with Crippen molar-refractivity contribution in [3.63, 3.8) is 0 Å². The lowest BCUT2D eigenvalue weighted by Crippen LogP contribution is -2.23. The second-order valence-electron chi connectivity index (χ2n) is 4.91. The Kier molecular flexibility index (Phi) is 4.73. The number of hydrogen-bond donors (Lipinski definition) is 1. The van der Waals surface area contributed by atoms with Crippen molar-refractivity contribution in [3.05, 3.63) is 29.3 Å². The predicted molar refractivity (Wildman–Crippen MR) is 69.0 cm³/mol. The summed E-state index contributed by atoms with van der Waals surface area (Å²) in [5.41, 5.74) is 1.48. The van der Waals surface area contributed by atoms with E-state index in [2.05, 4.69) is 0 Å². The Morgan fingerprint density at radius 1 is 1.33 bits per heavy atom. The summed E-state index contributed by atoms with van der Waals surface area (Å²) >= 11 is 0. The van der Waals surface area contributed by atoms with E-state index < -0.39 is 11.4 Å². The predicted octanol–water partition coefficient (Wildman–Crippen LogP) is 2.59. The molecule has 0 saturated heterocycles. The van der Waals surface area contributed by atoms with Gasteiger partial charge in [0.05, 0.1) is 20.1 Å². The smallest absolute Gasteiger partial charge is 0.304 e. The van der Waals surface area contributed by atoms with Crippen LogP contribution in [0.4, 0.5) is 0 Å². The van der Waals surface area contributed by atoms with Crippen molar-refractivity contribution >= 4 is 5.97 Å². The Labute approximate surface area is 108 Å².